The van der Waals surface area contributed by atoms with E-state index in [0.29, 0.717) is 28.6 Å². The van der Waals surface area contributed by atoms with Gasteiger partial charge in [-0.15, -0.1) is 0 Å². The smallest absolute Gasteiger partial charge is 0.331 e. The summed E-state index contributed by atoms with van der Waals surface area (Å²) in [6.45, 7) is 1.62. The lowest BCUT2D eigenvalue weighted by atomic mass is 10.1. The second-order valence-electron chi connectivity index (χ2n) is 6.45. The first-order chi connectivity index (χ1) is 14.5. The lowest BCUT2D eigenvalue weighted by molar-refractivity contribution is -0.144. The molecule has 0 bridgehead atoms. The molecule has 30 heavy (non-hydrogen) atoms. The molecule has 2 aromatic rings. The molecule has 1 N–H and O–H groups in total. The van der Waals surface area contributed by atoms with Crippen molar-refractivity contribution in [2.45, 2.75) is 13.0 Å². The van der Waals surface area contributed by atoms with Gasteiger partial charge in [-0.1, -0.05) is 6.07 Å². The van der Waals surface area contributed by atoms with Crippen LogP contribution in [0.2, 0.25) is 0 Å². The molecule has 2 aromatic carbocycles. The molecule has 0 fully saturated rings. The molecule has 0 unspecified atom stereocenters. The summed E-state index contributed by atoms with van der Waals surface area (Å²) >= 11 is 0. The van der Waals surface area contributed by atoms with E-state index in [2.05, 4.69) is 5.32 Å². The van der Waals surface area contributed by atoms with Crippen LogP contribution >= 0.6 is 0 Å². The molecule has 0 radical (unpaired) electrons. The van der Waals surface area contributed by atoms with Crippen LogP contribution in [-0.4, -0.2) is 39.5 Å². The minimum Gasteiger partial charge on any atom is -0.497 e. The van der Waals surface area contributed by atoms with E-state index < -0.39 is 18.5 Å². The van der Waals surface area contributed by atoms with Crippen LogP contribution in [0.25, 0.3) is 6.08 Å². The Bertz CT molecular complexity index is 954. The normalized spacial score (nSPS) is 13.0. The maximum Gasteiger partial charge on any atom is 0.331 e. The Morgan fingerprint density at radius 1 is 1.10 bits per heavy atom. The van der Waals surface area contributed by atoms with E-state index in [0.717, 1.165) is 5.56 Å². The average Bonchev–Trinajstić information content (AvgIpc) is 3.24. The third-order valence-corrected chi connectivity index (χ3v) is 4.46. The van der Waals surface area contributed by atoms with E-state index in [1.165, 1.54) is 13.2 Å². The number of fused-ring (bicyclic) bond motifs is 1. The second kappa shape index (κ2) is 9.69. The van der Waals surface area contributed by atoms with Crippen molar-refractivity contribution < 1.29 is 33.3 Å². The van der Waals surface area contributed by atoms with Gasteiger partial charge < -0.3 is 29.0 Å². The predicted molar refractivity (Wildman–Crippen MR) is 109 cm³/mol. The molecule has 0 spiro atoms. The van der Waals surface area contributed by atoms with E-state index >= 15 is 0 Å². The number of esters is 1. The summed E-state index contributed by atoms with van der Waals surface area (Å²) in [5, 5.41) is 2.78. The Kier molecular flexibility index (Phi) is 6.79. The van der Waals surface area contributed by atoms with Gasteiger partial charge in [-0.25, -0.2) is 4.79 Å². The second-order valence-corrected chi connectivity index (χ2v) is 6.45. The molecule has 0 saturated carbocycles. The molecule has 1 atom stereocenters. The van der Waals surface area contributed by atoms with Crippen LogP contribution in [0.1, 0.15) is 24.1 Å². The Labute approximate surface area is 174 Å². The number of ether oxygens (including phenoxy) is 5. The summed E-state index contributed by atoms with van der Waals surface area (Å²) in [5.74, 6) is 1.45. The highest BCUT2D eigenvalue weighted by Crippen LogP contribution is 2.34. The SMILES string of the molecule is COc1ccc(/C=C/C(=O)OCC(=O)N[C@@H](C)c2ccc3c(c2)OCO3)c(OC)c1. The molecule has 8 nitrogen and oxygen atoms in total. The van der Waals surface area contributed by atoms with Crippen LogP contribution in [-0.2, 0) is 14.3 Å². The van der Waals surface area contributed by atoms with Crippen LogP contribution in [0.15, 0.2) is 42.5 Å². The predicted octanol–water partition coefficient (Wildman–Crippen LogP) is 2.87. The third kappa shape index (κ3) is 5.22. The molecule has 0 aliphatic carbocycles. The summed E-state index contributed by atoms with van der Waals surface area (Å²) in [6.07, 6.45) is 2.78. The number of benzene rings is 2. The first-order valence-electron chi connectivity index (χ1n) is 9.26. The fourth-order valence-electron chi connectivity index (χ4n) is 2.85. The van der Waals surface area contributed by atoms with Gasteiger partial charge in [0, 0.05) is 17.7 Å². The molecular weight excluding hydrogens is 390 g/mol. The summed E-state index contributed by atoms with van der Waals surface area (Å²) in [5.41, 5.74) is 1.53. The topological polar surface area (TPSA) is 92.3 Å². The Morgan fingerprint density at radius 3 is 2.67 bits per heavy atom. The zero-order chi connectivity index (χ0) is 21.5. The molecule has 158 valence electrons. The minimum atomic E-state index is -0.640. The monoisotopic (exact) mass is 413 g/mol. The van der Waals surface area contributed by atoms with Crippen molar-refractivity contribution >= 4 is 18.0 Å². The molecule has 0 saturated heterocycles. The van der Waals surface area contributed by atoms with Gasteiger partial charge in [-0.05, 0) is 42.8 Å². The number of hydrogen-bond donors (Lipinski definition) is 1. The average molecular weight is 413 g/mol. The van der Waals surface area contributed by atoms with Gasteiger partial charge in [-0.2, -0.15) is 0 Å². The van der Waals surface area contributed by atoms with Gasteiger partial charge in [0.05, 0.1) is 20.3 Å². The van der Waals surface area contributed by atoms with Crippen molar-refractivity contribution in [2.24, 2.45) is 0 Å². The van der Waals surface area contributed by atoms with Gasteiger partial charge in [-0.3, -0.25) is 4.79 Å². The van der Waals surface area contributed by atoms with Crippen molar-refractivity contribution in [1.82, 2.24) is 5.32 Å². The number of amides is 1. The number of hydrogen-bond acceptors (Lipinski definition) is 7. The third-order valence-electron chi connectivity index (χ3n) is 4.46. The number of nitrogens with one attached hydrogen (secondary N) is 1. The highest BCUT2D eigenvalue weighted by atomic mass is 16.7. The maximum atomic E-state index is 12.1. The standard InChI is InChI=1S/C22H23NO7/c1-14(16-5-8-18-20(10-16)30-13-29-18)23-21(24)12-28-22(25)9-6-15-4-7-17(26-2)11-19(15)27-3/h4-11,14H,12-13H2,1-3H3,(H,23,24)/b9-6+/t14-/m0/s1. The van der Waals surface area contributed by atoms with Crippen molar-refractivity contribution in [3.8, 4) is 23.0 Å². The van der Waals surface area contributed by atoms with Crippen LogP contribution < -0.4 is 24.3 Å². The van der Waals surface area contributed by atoms with Gasteiger partial charge in [0.2, 0.25) is 6.79 Å². The van der Waals surface area contributed by atoms with Crippen LogP contribution in [0.3, 0.4) is 0 Å². The highest BCUT2D eigenvalue weighted by molar-refractivity contribution is 5.89. The van der Waals surface area contributed by atoms with Crippen molar-refractivity contribution in [2.75, 3.05) is 27.6 Å². The fourth-order valence-corrected chi connectivity index (χ4v) is 2.85. The number of carbonyl (C=O) groups is 2. The van der Waals surface area contributed by atoms with E-state index in [4.69, 9.17) is 23.7 Å². The Hall–Kier alpha value is -3.68. The maximum absolute atomic E-state index is 12.1. The lowest BCUT2D eigenvalue weighted by Gasteiger charge is -2.14. The number of carbonyl (C=O) groups excluding carboxylic acids is 2. The first-order valence-corrected chi connectivity index (χ1v) is 9.26. The van der Waals surface area contributed by atoms with Gasteiger partial charge in [0.25, 0.3) is 5.91 Å². The lowest BCUT2D eigenvalue weighted by Crippen LogP contribution is -2.30. The van der Waals surface area contributed by atoms with E-state index in [1.54, 1.807) is 37.5 Å². The zero-order valence-corrected chi connectivity index (χ0v) is 17.0. The summed E-state index contributed by atoms with van der Waals surface area (Å²) < 4.78 is 26.0. The van der Waals surface area contributed by atoms with E-state index in [-0.39, 0.29) is 12.8 Å². The molecule has 1 amide bonds. The summed E-state index contributed by atoms with van der Waals surface area (Å²) in [4.78, 5) is 24.1. The molecular formula is C22H23NO7. The van der Waals surface area contributed by atoms with Crippen LogP contribution in [0, 0.1) is 0 Å². The molecule has 8 heteroatoms. The Morgan fingerprint density at radius 2 is 1.90 bits per heavy atom. The van der Waals surface area contributed by atoms with Crippen LogP contribution in [0.5, 0.6) is 23.0 Å². The van der Waals surface area contributed by atoms with E-state index in [9.17, 15) is 9.59 Å². The largest absolute Gasteiger partial charge is 0.497 e. The Balaban J connectivity index is 1.49. The fraction of sp³-hybridized carbons (Fsp3) is 0.273. The summed E-state index contributed by atoms with van der Waals surface area (Å²) in [6, 6.07) is 10.4. The molecule has 1 aliphatic heterocycles. The first kappa shape index (κ1) is 21.0. The van der Waals surface area contributed by atoms with Crippen molar-refractivity contribution in [3.63, 3.8) is 0 Å². The van der Waals surface area contributed by atoms with Crippen molar-refractivity contribution in [1.29, 1.82) is 0 Å². The highest BCUT2D eigenvalue weighted by Gasteiger charge is 2.17. The van der Waals surface area contributed by atoms with Crippen LogP contribution in [0.4, 0.5) is 0 Å². The molecule has 3 rings (SSSR count). The van der Waals surface area contributed by atoms with Gasteiger partial charge in [0.1, 0.15) is 11.5 Å². The zero-order valence-electron chi connectivity index (χ0n) is 17.0. The van der Waals surface area contributed by atoms with Gasteiger partial charge in [0.15, 0.2) is 18.1 Å². The number of methoxy groups -OCH3 is 2. The minimum absolute atomic E-state index is 0.186. The van der Waals surface area contributed by atoms with Crippen molar-refractivity contribution in [3.05, 3.63) is 53.6 Å². The molecule has 0 aromatic heterocycles. The van der Waals surface area contributed by atoms with E-state index in [1.807, 2.05) is 19.1 Å². The molecule has 1 aliphatic rings. The number of rotatable bonds is 8. The molecule has 1 heterocycles. The van der Waals surface area contributed by atoms with Gasteiger partial charge >= 0.3 is 5.97 Å². The summed E-state index contributed by atoms with van der Waals surface area (Å²) in [7, 11) is 3.08. The quantitative estimate of drug-likeness (QED) is 0.525.